The van der Waals surface area contributed by atoms with Crippen LogP contribution in [0.5, 0.6) is 0 Å². The average molecular weight is 460 g/mol. The molecular weight excluding hydrogens is 438 g/mol. The molecule has 2 aromatic rings. The molecule has 0 saturated heterocycles. The number of carbonyl (C=O) groups is 4. The fraction of sp³-hybridized carbons (Fsp3) is 0.381. The molecule has 0 atom stereocenters. The van der Waals surface area contributed by atoms with E-state index in [2.05, 4.69) is 16.7 Å². The summed E-state index contributed by atoms with van der Waals surface area (Å²) in [5.74, 6) is -1.56. The summed E-state index contributed by atoms with van der Waals surface area (Å²) in [6.45, 7) is -0.405. The summed E-state index contributed by atoms with van der Waals surface area (Å²) in [5.41, 5.74) is 1.50. The number of carbonyl (C=O) groups excluding carboxylic acids is 4. The monoisotopic (exact) mass is 459 g/mol. The molecule has 8 nitrogen and oxygen atoms in total. The van der Waals surface area contributed by atoms with E-state index >= 15 is 0 Å². The Labute approximate surface area is 187 Å². The summed E-state index contributed by atoms with van der Waals surface area (Å²) in [6, 6.07) is 5.63. The lowest BCUT2D eigenvalue weighted by Crippen LogP contribution is -2.28. The molecule has 3 rings (SSSR count). The molecule has 2 heterocycles. The average Bonchev–Trinajstić information content (AvgIpc) is 3.48. The van der Waals surface area contributed by atoms with E-state index < -0.39 is 18.5 Å². The first kappa shape index (κ1) is 22.7. The number of anilines is 1. The van der Waals surface area contributed by atoms with Gasteiger partial charge in [0, 0.05) is 24.3 Å². The highest BCUT2D eigenvalue weighted by Gasteiger charge is 2.23. The summed E-state index contributed by atoms with van der Waals surface area (Å²) < 4.78 is 4.92. The molecule has 10 heteroatoms. The topological polar surface area (TPSA) is 125 Å². The number of ether oxygens (including phenoxy) is 1. The quantitative estimate of drug-likeness (QED) is 0.416. The molecule has 162 valence electrons. The Bertz CT molecular complexity index is 1020. The van der Waals surface area contributed by atoms with E-state index in [1.54, 1.807) is 17.5 Å². The number of hydrogen-bond acceptors (Lipinski definition) is 8. The second kappa shape index (κ2) is 10.8. The van der Waals surface area contributed by atoms with Crippen LogP contribution in [0.25, 0.3) is 0 Å². The molecule has 31 heavy (non-hydrogen) atoms. The number of aryl methyl sites for hydroxylation is 1. The number of nitriles is 1. The van der Waals surface area contributed by atoms with Gasteiger partial charge in [0.1, 0.15) is 11.1 Å². The summed E-state index contributed by atoms with van der Waals surface area (Å²) in [7, 11) is 0. The number of nitrogens with zero attached hydrogens (tertiary/aromatic N) is 1. The van der Waals surface area contributed by atoms with Crippen LogP contribution in [0.3, 0.4) is 0 Å². The van der Waals surface area contributed by atoms with Crippen LogP contribution >= 0.6 is 22.7 Å². The highest BCUT2D eigenvalue weighted by Crippen LogP contribution is 2.38. The molecular formula is C21H21N3O5S2. The Hall–Kier alpha value is -3.03. The molecule has 0 bridgehead atoms. The fourth-order valence-corrected chi connectivity index (χ4v) is 5.12. The third-order valence-corrected chi connectivity index (χ3v) is 6.79. The van der Waals surface area contributed by atoms with Gasteiger partial charge in [-0.3, -0.25) is 19.2 Å². The molecule has 0 aromatic carbocycles. The van der Waals surface area contributed by atoms with E-state index in [1.807, 2.05) is 0 Å². The number of hydrogen-bond donors (Lipinski definition) is 2. The number of esters is 1. The zero-order valence-electron chi connectivity index (χ0n) is 16.7. The lowest BCUT2D eigenvalue weighted by atomic mass is 10.1. The van der Waals surface area contributed by atoms with Gasteiger partial charge in [0.15, 0.2) is 12.4 Å². The minimum Gasteiger partial charge on any atom is -0.456 e. The summed E-state index contributed by atoms with van der Waals surface area (Å²) >= 11 is 2.72. The number of amides is 2. The Kier molecular flexibility index (Phi) is 7.92. The lowest BCUT2D eigenvalue weighted by Gasteiger charge is -2.07. The van der Waals surface area contributed by atoms with Gasteiger partial charge in [-0.1, -0.05) is 6.07 Å². The van der Waals surface area contributed by atoms with Gasteiger partial charge in [-0.25, -0.2) is 0 Å². The van der Waals surface area contributed by atoms with Crippen molar-refractivity contribution in [3.8, 4) is 6.07 Å². The number of thiophene rings is 2. The van der Waals surface area contributed by atoms with Gasteiger partial charge in [0.05, 0.1) is 16.9 Å². The van der Waals surface area contributed by atoms with Gasteiger partial charge in [0.2, 0.25) is 5.91 Å². The van der Waals surface area contributed by atoms with Gasteiger partial charge in [-0.15, -0.1) is 22.7 Å². The van der Waals surface area contributed by atoms with Crippen molar-refractivity contribution in [2.75, 3.05) is 18.5 Å². The number of rotatable bonds is 10. The van der Waals surface area contributed by atoms with Gasteiger partial charge < -0.3 is 15.4 Å². The second-order valence-corrected chi connectivity index (χ2v) is 8.94. The van der Waals surface area contributed by atoms with Gasteiger partial charge in [-0.2, -0.15) is 5.26 Å². The van der Waals surface area contributed by atoms with Crippen molar-refractivity contribution in [2.24, 2.45) is 0 Å². The summed E-state index contributed by atoms with van der Waals surface area (Å²) in [5, 5.41) is 16.8. The SMILES string of the molecule is N#Cc1c(NC(=O)COC(=O)CCNC(=O)CCC(=O)c2cccs2)sc2c1CCC2. The van der Waals surface area contributed by atoms with Crippen LogP contribution in [-0.4, -0.2) is 36.7 Å². The minimum absolute atomic E-state index is 0.0419. The van der Waals surface area contributed by atoms with E-state index in [9.17, 15) is 24.4 Å². The minimum atomic E-state index is -0.626. The molecule has 1 aliphatic rings. The molecule has 2 amide bonds. The highest BCUT2D eigenvalue weighted by atomic mass is 32.1. The molecule has 2 N–H and O–H groups in total. The van der Waals surface area contributed by atoms with Crippen LogP contribution in [-0.2, 0) is 32.0 Å². The number of Topliss-reactive ketones (excluding diaryl/α,β-unsaturated/α-hetero) is 1. The van der Waals surface area contributed by atoms with E-state index in [0.717, 1.165) is 29.7 Å². The number of fused-ring (bicyclic) bond motifs is 1. The van der Waals surface area contributed by atoms with E-state index in [-0.39, 0.29) is 37.5 Å². The molecule has 0 saturated carbocycles. The zero-order chi connectivity index (χ0) is 22.2. The predicted molar refractivity (Wildman–Crippen MR) is 116 cm³/mol. The van der Waals surface area contributed by atoms with Crippen molar-refractivity contribution in [2.45, 2.75) is 38.5 Å². The third kappa shape index (κ3) is 6.23. The number of ketones is 1. The summed E-state index contributed by atoms with van der Waals surface area (Å²) in [6.07, 6.45) is 2.83. The van der Waals surface area contributed by atoms with Crippen LogP contribution in [0.15, 0.2) is 17.5 Å². The molecule has 0 spiro atoms. The zero-order valence-corrected chi connectivity index (χ0v) is 18.3. The van der Waals surface area contributed by atoms with Gasteiger partial charge in [-0.05, 0) is 36.3 Å². The first-order valence-corrected chi connectivity index (χ1v) is 11.5. The third-order valence-electron chi connectivity index (χ3n) is 4.68. The van der Waals surface area contributed by atoms with Crippen LogP contribution in [0.4, 0.5) is 5.00 Å². The standard InChI is InChI=1S/C21H21N3O5S2/c22-11-14-13-3-1-4-16(13)31-21(14)24-19(27)12-29-20(28)8-9-23-18(26)7-6-15(25)17-5-2-10-30-17/h2,5,10H,1,3-4,6-9,12H2,(H,23,26)(H,24,27). The van der Waals surface area contributed by atoms with E-state index in [4.69, 9.17) is 4.74 Å². The molecule has 2 aromatic heterocycles. The Morgan fingerprint density at radius 3 is 2.71 bits per heavy atom. The van der Waals surface area contributed by atoms with Crippen molar-refractivity contribution in [1.29, 1.82) is 5.26 Å². The number of nitrogens with one attached hydrogen (secondary N) is 2. The normalized spacial score (nSPS) is 12.0. The van der Waals surface area contributed by atoms with Gasteiger partial charge in [0.25, 0.3) is 5.91 Å². The van der Waals surface area contributed by atoms with Crippen molar-refractivity contribution < 1.29 is 23.9 Å². The predicted octanol–water partition coefficient (Wildman–Crippen LogP) is 2.82. The molecule has 0 unspecified atom stereocenters. The molecule has 0 fully saturated rings. The first-order chi connectivity index (χ1) is 15.0. The van der Waals surface area contributed by atoms with Crippen LogP contribution < -0.4 is 10.6 Å². The van der Waals surface area contributed by atoms with Crippen molar-refractivity contribution in [3.05, 3.63) is 38.4 Å². The van der Waals surface area contributed by atoms with Crippen molar-refractivity contribution in [3.63, 3.8) is 0 Å². The van der Waals surface area contributed by atoms with Gasteiger partial charge >= 0.3 is 5.97 Å². The maximum Gasteiger partial charge on any atom is 0.308 e. The molecule has 0 radical (unpaired) electrons. The Balaban J connectivity index is 1.31. The largest absolute Gasteiger partial charge is 0.456 e. The van der Waals surface area contributed by atoms with E-state index in [0.29, 0.717) is 15.4 Å². The highest BCUT2D eigenvalue weighted by molar-refractivity contribution is 7.16. The van der Waals surface area contributed by atoms with Crippen LogP contribution in [0.2, 0.25) is 0 Å². The van der Waals surface area contributed by atoms with Crippen LogP contribution in [0, 0.1) is 11.3 Å². The first-order valence-electron chi connectivity index (χ1n) is 9.81. The second-order valence-electron chi connectivity index (χ2n) is 6.88. The van der Waals surface area contributed by atoms with Crippen molar-refractivity contribution >= 4 is 51.2 Å². The summed E-state index contributed by atoms with van der Waals surface area (Å²) in [4.78, 5) is 49.2. The van der Waals surface area contributed by atoms with Crippen LogP contribution in [0.1, 0.15) is 51.4 Å². The Morgan fingerprint density at radius 1 is 1.13 bits per heavy atom. The maximum absolute atomic E-state index is 12.0. The lowest BCUT2D eigenvalue weighted by molar-refractivity contribution is -0.147. The van der Waals surface area contributed by atoms with E-state index in [1.165, 1.54) is 22.7 Å². The molecule has 0 aliphatic heterocycles. The van der Waals surface area contributed by atoms with Crippen molar-refractivity contribution in [1.82, 2.24) is 5.32 Å². The Morgan fingerprint density at radius 2 is 1.97 bits per heavy atom. The fourth-order valence-electron chi connectivity index (χ4n) is 3.17. The molecule has 1 aliphatic carbocycles. The maximum atomic E-state index is 12.0. The smallest absolute Gasteiger partial charge is 0.308 e.